The summed E-state index contributed by atoms with van der Waals surface area (Å²) in [5.41, 5.74) is 4.76. The van der Waals surface area contributed by atoms with E-state index in [1.165, 1.54) is 6.21 Å². The van der Waals surface area contributed by atoms with Gasteiger partial charge in [0.15, 0.2) is 0 Å². The number of methoxy groups -OCH3 is 1. The molecule has 2 rings (SSSR count). The lowest BCUT2D eigenvalue weighted by molar-refractivity contribution is -0.124. The van der Waals surface area contributed by atoms with Crippen LogP contribution in [-0.2, 0) is 9.59 Å². The summed E-state index contributed by atoms with van der Waals surface area (Å²) in [7, 11) is 1.59. The maximum absolute atomic E-state index is 11.9. The molecule has 136 valence electrons. The van der Waals surface area contributed by atoms with Crippen molar-refractivity contribution in [1.29, 1.82) is 0 Å². The number of benzene rings is 2. The van der Waals surface area contributed by atoms with Crippen molar-refractivity contribution in [1.82, 2.24) is 5.43 Å². The molecule has 0 spiro atoms. The SMILES string of the molecule is COc1ccc(/C=N\NC(=O)CCC(=O)Nc2ccc(Cl)cc2C)cc1. The highest BCUT2D eigenvalue weighted by Gasteiger charge is 2.08. The third kappa shape index (κ3) is 6.22. The quantitative estimate of drug-likeness (QED) is 0.575. The van der Waals surface area contributed by atoms with E-state index >= 15 is 0 Å². The molecule has 0 atom stereocenters. The molecule has 0 saturated carbocycles. The lowest BCUT2D eigenvalue weighted by Crippen LogP contribution is -2.20. The fourth-order valence-corrected chi connectivity index (χ4v) is 2.36. The molecule has 2 amide bonds. The highest BCUT2D eigenvalue weighted by Crippen LogP contribution is 2.19. The first-order chi connectivity index (χ1) is 12.5. The second-order valence-corrected chi connectivity index (χ2v) is 6.01. The number of anilines is 1. The Balaban J connectivity index is 1.75. The Bertz CT molecular complexity index is 804. The van der Waals surface area contributed by atoms with Crippen molar-refractivity contribution in [3.05, 3.63) is 58.6 Å². The van der Waals surface area contributed by atoms with Crippen molar-refractivity contribution in [2.75, 3.05) is 12.4 Å². The Hall–Kier alpha value is -2.86. The molecule has 0 radical (unpaired) electrons. The van der Waals surface area contributed by atoms with E-state index in [-0.39, 0.29) is 24.7 Å². The van der Waals surface area contributed by atoms with Crippen LogP contribution in [-0.4, -0.2) is 25.1 Å². The summed E-state index contributed by atoms with van der Waals surface area (Å²) in [5.74, 6) is 0.163. The number of nitrogens with one attached hydrogen (secondary N) is 2. The molecular weight excluding hydrogens is 354 g/mol. The second kappa shape index (κ2) is 9.58. The third-order valence-corrected chi connectivity index (χ3v) is 3.80. The zero-order chi connectivity index (χ0) is 18.9. The Morgan fingerprint density at radius 1 is 1.12 bits per heavy atom. The fourth-order valence-electron chi connectivity index (χ4n) is 2.13. The second-order valence-electron chi connectivity index (χ2n) is 5.57. The molecule has 0 unspecified atom stereocenters. The van der Waals surface area contributed by atoms with E-state index in [1.807, 2.05) is 19.1 Å². The summed E-state index contributed by atoms with van der Waals surface area (Å²) in [6.45, 7) is 1.85. The maximum atomic E-state index is 11.9. The van der Waals surface area contributed by atoms with Crippen molar-refractivity contribution in [2.45, 2.75) is 19.8 Å². The molecule has 0 bridgehead atoms. The molecule has 26 heavy (non-hydrogen) atoms. The third-order valence-electron chi connectivity index (χ3n) is 3.56. The van der Waals surface area contributed by atoms with E-state index in [0.29, 0.717) is 10.7 Å². The van der Waals surface area contributed by atoms with Crippen molar-refractivity contribution in [3.63, 3.8) is 0 Å². The van der Waals surface area contributed by atoms with Gasteiger partial charge in [0, 0.05) is 23.6 Å². The summed E-state index contributed by atoms with van der Waals surface area (Å²) in [6.07, 6.45) is 1.62. The van der Waals surface area contributed by atoms with Gasteiger partial charge < -0.3 is 10.1 Å². The molecule has 0 aliphatic rings. The highest BCUT2D eigenvalue weighted by molar-refractivity contribution is 6.30. The van der Waals surface area contributed by atoms with Crippen LogP contribution in [0.1, 0.15) is 24.0 Å². The molecule has 2 aromatic rings. The Kier molecular flexibility index (Phi) is 7.17. The van der Waals surface area contributed by atoms with Crippen LogP contribution >= 0.6 is 11.6 Å². The van der Waals surface area contributed by atoms with Crippen LogP contribution < -0.4 is 15.5 Å². The predicted octanol–water partition coefficient (Wildman–Crippen LogP) is 3.53. The molecule has 0 heterocycles. The highest BCUT2D eigenvalue weighted by atomic mass is 35.5. The number of hydrogen-bond donors (Lipinski definition) is 2. The Labute approximate surface area is 157 Å². The molecule has 0 fully saturated rings. The number of rotatable bonds is 7. The lowest BCUT2D eigenvalue weighted by Gasteiger charge is -2.08. The summed E-state index contributed by atoms with van der Waals surface area (Å²) >= 11 is 5.88. The van der Waals surface area contributed by atoms with Crippen molar-refractivity contribution >= 4 is 35.3 Å². The summed E-state index contributed by atoms with van der Waals surface area (Å²) < 4.78 is 5.06. The van der Waals surface area contributed by atoms with Crippen molar-refractivity contribution in [2.24, 2.45) is 5.10 Å². The molecular formula is C19H20ClN3O3. The Morgan fingerprint density at radius 2 is 1.81 bits per heavy atom. The van der Waals surface area contributed by atoms with E-state index in [1.54, 1.807) is 37.4 Å². The number of halogens is 1. The van der Waals surface area contributed by atoms with Gasteiger partial charge in [-0.3, -0.25) is 9.59 Å². The zero-order valence-corrected chi connectivity index (χ0v) is 15.3. The number of hydrogen-bond acceptors (Lipinski definition) is 4. The van der Waals surface area contributed by atoms with E-state index in [9.17, 15) is 9.59 Å². The first-order valence-corrected chi connectivity index (χ1v) is 8.37. The van der Waals surface area contributed by atoms with E-state index in [2.05, 4.69) is 15.8 Å². The number of aryl methyl sites for hydroxylation is 1. The van der Waals surface area contributed by atoms with Gasteiger partial charge >= 0.3 is 0 Å². The minimum atomic E-state index is -0.335. The first-order valence-electron chi connectivity index (χ1n) is 8.00. The number of hydrazone groups is 1. The lowest BCUT2D eigenvalue weighted by atomic mass is 10.2. The minimum Gasteiger partial charge on any atom is -0.497 e. The van der Waals surface area contributed by atoms with Gasteiger partial charge in [0.1, 0.15) is 5.75 Å². The van der Waals surface area contributed by atoms with Gasteiger partial charge in [-0.1, -0.05) is 11.6 Å². The normalized spacial score (nSPS) is 10.6. The van der Waals surface area contributed by atoms with Crippen molar-refractivity contribution in [3.8, 4) is 5.75 Å². The molecule has 0 aromatic heterocycles. The van der Waals surface area contributed by atoms with E-state index in [0.717, 1.165) is 16.9 Å². The van der Waals surface area contributed by atoms with Crippen LogP contribution in [0.15, 0.2) is 47.6 Å². The minimum absolute atomic E-state index is 0.0401. The maximum Gasteiger partial charge on any atom is 0.240 e. The van der Waals surface area contributed by atoms with Gasteiger partial charge in [-0.25, -0.2) is 5.43 Å². The van der Waals surface area contributed by atoms with Crippen LogP contribution in [0.3, 0.4) is 0 Å². The molecule has 0 saturated heterocycles. The monoisotopic (exact) mass is 373 g/mol. The molecule has 6 nitrogen and oxygen atoms in total. The van der Waals surface area contributed by atoms with E-state index in [4.69, 9.17) is 16.3 Å². The number of nitrogens with zero attached hydrogens (tertiary/aromatic N) is 1. The topological polar surface area (TPSA) is 79.8 Å². The molecule has 0 aliphatic heterocycles. The van der Waals surface area contributed by atoms with Crippen LogP contribution in [0.5, 0.6) is 5.75 Å². The van der Waals surface area contributed by atoms with Crippen LogP contribution in [0.2, 0.25) is 5.02 Å². The zero-order valence-electron chi connectivity index (χ0n) is 14.6. The van der Waals surface area contributed by atoms with E-state index < -0.39 is 0 Å². The molecule has 2 aromatic carbocycles. The predicted molar refractivity (Wildman–Crippen MR) is 103 cm³/mol. The molecule has 7 heteroatoms. The summed E-state index contributed by atoms with van der Waals surface area (Å²) in [5, 5.41) is 7.23. The Morgan fingerprint density at radius 3 is 2.46 bits per heavy atom. The van der Waals surface area contributed by atoms with Gasteiger partial charge in [0.25, 0.3) is 0 Å². The smallest absolute Gasteiger partial charge is 0.240 e. The van der Waals surface area contributed by atoms with Gasteiger partial charge in [-0.05, 0) is 60.5 Å². The van der Waals surface area contributed by atoms with Crippen LogP contribution in [0, 0.1) is 6.92 Å². The first kappa shape index (κ1) is 19.5. The summed E-state index contributed by atoms with van der Waals surface area (Å²) in [4.78, 5) is 23.7. The molecule has 2 N–H and O–H groups in total. The summed E-state index contributed by atoms with van der Waals surface area (Å²) in [6, 6.07) is 12.4. The molecule has 0 aliphatic carbocycles. The largest absolute Gasteiger partial charge is 0.497 e. The fraction of sp³-hybridized carbons (Fsp3) is 0.211. The average Bonchev–Trinajstić information content (AvgIpc) is 2.63. The standard InChI is InChI=1S/C19H20ClN3O3/c1-13-11-15(20)5-8-17(13)22-18(24)9-10-19(25)23-21-12-14-3-6-16(26-2)7-4-14/h3-8,11-12H,9-10H2,1-2H3,(H,22,24)(H,23,25)/b21-12-. The van der Waals surface area contributed by atoms with Crippen LogP contribution in [0.25, 0.3) is 0 Å². The number of ether oxygens (including phenoxy) is 1. The van der Waals surface area contributed by atoms with Crippen LogP contribution in [0.4, 0.5) is 5.69 Å². The average molecular weight is 374 g/mol. The number of carbonyl (C=O) groups excluding carboxylic acids is 2. The van der Waals surface area contributed by atoms with Gasteiger partial charge in [0.05, 0.1) is 13.3 Å². The number of carbonyl (C=O) groups is 2. The number of amides is 2. The van der Waals surface area contributed by atoms with Crippen molar-refractivity contribution < 1.29 is 14.3 Å². The van der Waals surface area contributed by atoms with Gasteiger partial charge in [-0.15, -0.1) is 0 Å². The van der Waals surface area contributed by atoms with Gasteiger partial charge in [0.2, 0.25) is 11.8 Å². The van der Waals surface area contributed by atoms with Gasteiger partial charge in [-0.2, -0.15) is 5.10 Å².